The molecule has 38 heavy (non-hydrogen) atoms. The van der Waals surface area contributed by atoms with Crippen LogP contribution < -0.4 is 21.7 Å². The Morgan fingerprint density at radius 2 is 1.66 bits per heavy atom. The van der Waals surface area contributed by atoms with E-state index < -0.39 is 47.9 Å². The number of carbonyl (C=O) groups is 4. The molecular formula is C26H35N7O5. The molecule has 2 heterocycles. The van der Waals surface area contributed by atoms with Crippen LogP contribution in [0.1, 0.15) is 38.4 Å². The lowest BCUT2D eigenvalue weighted by Gasteiger charge is -2.24. The highest BCUT2D eigenvalue weighted by molar-refractivity contribution is 5.94. The van der Waals surface area contributed by atoms with Gasteiger partial charge >= 0.3 is 5.97 Å². The van der Waals surface area contributed by atoms with Crippen molar-refractivity contribution in [3.63, 3.8) is 0 Å². The van der Waals surface area contributed by atoms with Crippen molar-refractivity contribution in [1.82, 2.24) is 30.9 Å². The van der Waals surface area contributed by atoms with E-state index in [-0.39, 0.29) is 25.2 Å². The predicted molar refractivity (Wildman–Crippen MR) is 141 cm³/mol. The summed E-state index contributed by atoms with van der Waals surface area (Å²) in [5, 5.41) is 18.2. The van der Waals surface area contributed by atoms with Crippen LogP contribution in [-0.4, -0.2) is 67.9 Å². The Kier molecular flexibility index (Phi) is 9.61. The van der Waals surface area contributed by atoms with Crippen molar-refractivity contribution in [3.8, 4) is 0 Å². The second kappa shape index (κ2) is 12.9. The Hall–Kier alpha value is -4.19. The third-order valence-corrected chi connectivity index (χ3v) is 6.14. The van der Waals surface area contributed by atoms with Crippen LogP contribution in [0.25, 0.3) is 10.9 Å². The number of nitrogens with two attached hydrogens (primary N) is 1. The molecule has 3 rings (SSSR count). The van der Waals surface area contributed by atoms with Crippen molar-refractivity contribution >= 4 is 34.6 Å². The van der Waals surface area contributed by atoms with E-state index in [1.807, 2.05) is 38.1 Å². The number of amides is 3. The topological polar surface area (TPSA) is 195 Å². The molecule has 0 saturated carbocycles. The molecule has 3 aromatic rings. The number of fused-ring (bicyclic) bond motifs is 1. The van der Waals surface area contributed by atoms with Gasteiger partial charge in [0.05, 0.1) is 12.4 Å². The monoisotopic (exact) mass is 525 g/mol. The van der Waals surface area contributed by atoms with Crippen LogP contribution in [0.2, 0.25) is 0 Å². The number of aliphatic carboxylic acids is 1. The molecule has 204 valence electrons. The zero-order valence-corrected chi connectivity index (χ0v) is 21.7. The lowest BCUT2D eigenvalue weighted by molar-refractivity contribution is -0.142. The molecule has 12 nitrogen and oxygen atoms in total. The molecule has 0 aliphatic rings. The molecule has 0 aliphatic heterocycles. The van der Waals surface area contributed by atoms with Crippen molar-refractivity contribution < 1.29 is 24.3 Å². The van der Waals surface area contributed by atoms with Crippen LogP contribution in [0.3, 0.4) is 0 Å². The number of carbonyl (C=O) groups excluding carboxylic acids is 3. The number of nitrogens with zero attached hydrogens (tertiary/aromatic N) is 1. The molecule has 0 radical (unpaired) electrons. The van der Waals surface area contributed by atoms with E-state index in [0.29, 0.717) is 5.69 Å². The highest BCUT2D eigenvalue weighted by Crippen LogP contribution is 2.18. The first-order valence-corrected chi connectivity index (χ1v) is 12.5. The fraction of sp³-hybridized carbons (Fsp3) is 0.423. The Morgan fingerprint density at radius 1 is 0.947 bits per heavy atom. The SMILES string of the molecule is CC(C)CC(NC(=O)C(Cc1cnc[nH]1)NC(=O)C(C)NC(=O)C(N)Cc1c[nH]c2ccccc12)C(=O)O. The number of hydrogen-bond acceptors (Lipinski definition) is 6. The van der Waals surface area contributed by atoms with Crippen LogP contribution in [0.4, 0.5) is 0 Å². The molecule has 0 fully saturated rings. The van der Waals surface area contributed by atoms with Crippen molar-refractivity contribution in [2.75, 3.05) is 0 Å². The average Bonchev–Trinajstić information content (AvgIpc) is 3.52. The summed E-state index contributed by atoms with van der Waals surface area (Å²) < 4.78 is 0. The molecule has 4 unspecified atom stereocenters. The van der Waals surface area contributed by atoms with Gasteiger partial charge in [-0.05, 0) is 37.3 Å². The number of hydrogen-bond donors (Lipinski definition) is 7. The minimum absolute atomic E-state index is 0.0285. The number of carboxylic acids is 1. The summed E-state index contributed by atoms with van der Waals surface area (Å²) in [7, 11) is 0. The minimum Gasteiger partial charge on any atom is -0.480 e. The number of nitrogens with one attached hydrogen (secondary N) is 5. The molecule has 2 aromatic heterocycles. The zero-order chi connectivity index (χ0) is 27.8. The Labute approximate surface area is 220 Å². The maximum Gasteiger partial charge on any atom is 0.326 e. The van der Waals surface area contributed by atoms with Crippen molar-refractivity contribution in [1.29, 1.82) is 0 Å². The van der Waals surface area contributed by atoms with Crippen LogP contribution in [0.5, 0.6) is 0 Å². The molecule has 0 spiro atoms. The molecule has 0 bridgehead atoms. The van der Waals surface area contributed by atoms with Gasteiger partial charge in [-0.15, -0.1) is 0 Å². The number of aromatic nitrogens is 3. The van der Waals surface area contributed by atoms with Gasteiger partial charge in [0.15, 0.2) is 0 Å². The van der Waals surface area contributed by atoms with E-state index in [1.165, 1.54) is 19.4 Å². The van der Waals surface area contributed by atoms with Crippen LogP contribution >= 0.6 is 0 Å². The number of imidazole rings is 1. The lowest BCUT2D eigenvalue weighted by Crippen LogP contribution is -2.57. The molecule has 8 N–H and O–H groups in total. The van der Waals surface area contributed by atoms with Crippen molar-refractivity contribution in [3.05, 3.63) is 54.2 Å². The van der Waals surface area contributed by atoms with Crippen molar-refractivity contribution in [2.45, 2.75) is 64.2 Å². The predicted octanol–water partition coefficient (Wildman–Crippen LogP) is 0.609. The molecule has 0 saturated heterocycles. The summed E-state index contributed by atoms with van der Waals surface area (Å²) in [5.74, 6) is -2.93. The highest BCUT2D eigenvalue weighted by atomic mass is 16.4. The number of benzene rings is 1. The lowest BCUT2D eigenvalue weighted by atomic mass is 10.0. The van der Waals surface area contributed by atoms with Crippen LogP contribution in [0, 0.1) is 5.92 Å². The first kappa shape index (κ1) is 28.4. The second-order valence-corrected chi connectivity index (χ2v) is 9.77. The van der Waals surface area contributed by atoms with Gasteiger partial charge in [-0.2, -0.15) is 0 Å². The highest BCUT2D eigenvalue weighted by Gasteiger charge is 2.29. The van der Waals surface area contributed by atoms with E-state index in [4.69, 9.17) is 5.73 Å². The number of aromatic amines is 2. The maximum atomic E-state index is 13.0. The summed E-state index contributed by atoms with van der Waals surface area (Å²) in [5.41, 5.74) is 8.50. The van der Waals surface area contributed by atoms with Gasteiger partial charge in [-0.25, -0.2) is 9.78 Å². The number of carboxylic acid groups (broad SMARTS) is 1. The quantitative estimate of drug-likeness (QED) is 0.170. The molecule has 4 atom stereocenters. The minimum atomic E-state index is -1.16. The van der Waals surface area contributed by atoms with Crippen molar-refractivity contribution in [2.24, 2.45) is 11.7 Å². The maximum absolute atomic E-state index is 13.0. The van der Waals surface area contributed by atoms with Gasteiger partial charge in [0.25, 0.3) is 0 Å². The zero-order valence-electron chi connectivity index (χ0n) is 21.7. The normalized spacial score (nSPS) is 14.4. The summed E-state index contributed by atoms with van der Waals surface area (Å²) in [6.45, 7) is 5.18. The number of H-pyrrole nitrogens is 2. The Morgan fingerprint density at radius 3 is 2.32 bits per heavy atom. The third kappa shape index (κ3) is 7.65. The second-order valence-electron chi connectivity index (χ2n) is 9.77. The van der Waals surface area contributed by atoms with Gasteiger partial charge in [-0.1, -0.05) is 32.0 Å². The summed E-state index contributed by atoms with van der Waals surface area (Å²) in [6, 6.07) is 3.55. The summed E-state index contributed by atoms with van der Waals surface area (Å²) >= 11 is 0. The fourth-order valence-corrected chi connectivity index (χ4v) is 4.10. The van der Waals surface area contributed by atoms with Gasteiger partial charge in [0.2, 0.25) is 17.7 Å². The van der Waals surface area contributed by atoms with Crippen LogP contribution in [0.15, 0.2) is 43.0 Å². The van der Waals surface area contributed by atoms with Gasteiger partial charge in [-0.3, -0.25) is 14.4 Å². The van der Waals surface area contributed by atoms with Gasteiger partial charge in [0.1, 0.15) is 18.1 Å². The smallest absolute Gasteiger partial charge is 0.326 e. The molecule has 1 aromatic carbocycles. The van der Waals surface area contributed by atoms with Gasteiger partial charge in [0, 0.05) is 35.4 Å². The van der Waals surface area contributed by atoms with Gasteiger partial charge < -0.3 is 36.8 Å². The summed E-state index contributed by atoms with van der Waals surface area (Å²) in [6.07, 6.45) is 5.28. The molecule has 3 amide bonds. The average molecular weight is 526 g/mol. The summed E-state index contributed by atoms with van der Waals surface area (Å²) in [4.78, 5) is 60.2. The number of para-hydroxylation sites is 1. The molecule has 12 heteroatoms. The largest absolute Gasteiger partial charge is 0.480 e. The van der Waals surface area contributed by atoms with E-state index in [0.717, 1.165) is 16.5 Å². The van der Waals surface area contributed by atoms with E-state index in [2.05, 4.69) is 30.9 Å². The van der Waals surface area contributed by atoms with E-state index >= 15 is 0 Å². The molecule has 0 aliphatic carbocycles. The Bertz CT molecular complexity index is 1250. The molecular weight excluding hydrogens is 490 g/mol. The number of rotatable bonds is 13. The standard InChI is InChI=1S/C26H35N7O5/c1-14(2)8-22(26(37)38)33-25(36)21(10-17-12-28-13-30-17)32-23(34)15(3)31-24(35)19(27)9-16-11-29-20-7-5-4-6-18(16)20/h4-7,11-15,19,21-22,29H,8-10,27H2,1-3H3,(H,28,30)(H,31,35)(H,32,34)(H,33,36)(H,37,38). The third-order valence-electron chi connectivity index (χ3n) is 6.14. The van der Waals surface area contributed by atoms with E-state index in [1.54, 1.807) is 6.20 Å². The fourth-order valence-electron chi connectivity index (χ4n) is 4.10. The van der Waals surface area contributed by atoms with Crippen LogP contribution in [-0.2, 0) is 32.0 Å². The first-order chi connectivity index (χ1) is 18.0. The first-order valence-electron chi connectivity index (χ1n) is 12.5. The van der Waals surface area contributed by atoms with E-state index in [9.17, 15) is 24.3 Å². The Balaban J connectivity index is 1.63.